The van der Waals surface area contributed by atoms with E-state index in [4.69, 9.17) is 10.5 Å². The molecule has 0 saturated heterocycles. The number of anilines is 1. The minimum atomic E-state index is -0.501. The van der Waals surface area contributed by atoms with E-state index in [2.05, 4.69) is 15.4 Å². The zero-order valence-electron chi connectivity index (χ0n) is 9.30. The largest absolute Gasteiger partial charge is 0.461 e. The predicted octanol–water partition coefficient (Wildman–Crippen LogP) is 1.23. The molecule has 0 unspecified atom stereocenters. The number of carbonyl (C=O) groups excluding carboxylic acids is 1. The lowest BCUT2D eigenvalue weighted by molar-refractivity contribution is 0.0520. The van der Waals surface area contributed by atoms with E-state index in [1.54, 1.807) is 31.2 Å². The van der Waals surface area contributed by atoms with Crippen molar-refractivity contribution in [3.05, 3.63) is 30.0 Å². The number of hydrogen-bond acceptors (Lipinski definition) is 5. The molecule has 0 radical (unpaired) electrons. The van der Waals surface area contributed by atoms with E-state index in [0.29, 0.717) is 18.0 Å². The van der Waals surface area contributed by atoms with Crippen molar-refractivity contribution in [3.63, 3.8) is 0 Å². The van der Waals surface area contributed by atoms with E-state index in [9.17, 15) is 4.79 Å². The highest BCUT2D eigenvalue weighted by molar-refractivity contribution is 5.94. The third-order valence-corrected chi connectivity index (χ3v) is 2.18. The quantitative estimate of drug-likeness (QED) is 0.613. The minimum absolute atomic E-state index is 0.164. The van der Waals surface area contributed by atoms with E-state index < -0.39 is 5.97 Å². The van der Waals surface area contributed by atoms with Crippen LogP contribution in [-0.2, 0) is 4.74 Å². The number of aromatic nitrogens is 3. The summed E-state index contributed by atoms with van der Waals surface area (Å²) in [6, 6.07) is 7.07. The van der Waals surface area contributed by atoms with Gasteiger partial charge in [0.15, 0.2) is 5.69 Å². The molecule has 6 nitrogen and oxygen atoms in total. The van der Waals surface area contributed by atoms with Gasteiger partial charge in [-0.3, -0.25) is 0 Å². The molecule has 2 rings (SSSR count). The number of nitrogens with zero attached hydrogens (tertiary/aromatic N) is 2. The molecule has 1 aromatic heterocycles. The molecule has 17 heavy (non-hydrogen) atoms. The fraction of sp³-hybridized carbons (Fsp3) is 0.182. The second-order valence-electron chi connectivity index (χ2n) is 3.37. The highest BCUT2D eigenvalue weighted by Crippen LogP contribution is 2.21. The maximum Gasteiger partial charge on any atom is 0.361 e. The van der Waals surface area contributed by atoms with Crippen LogP contribution in [0, 0.1) is 0 Å². The molecule has 0 amide bonds. The molecule has 0 aliphatic rings. The van der Waals surface area contributed by atoms with Crippen LogP contribution in [0.15, 0.2) is 24.3 Å². The summed E-state index contributed by atoms with van der Waals surface area (Å²) in [5.74, 6) is -0.501. The van der Waals surface area contributed by atoms with Crippen LogP contribution in [0.4, 0.5) is 5.69 Å². The number of benzene rings is 1. The third-order valence-electron chi connectivity index (χ3n) is 2.18. The average Bonchev–Trinajstić information content (AvgIpc) is 2.78. The van der Waals surface area contributed by atoms with Crippen LogP contribution in [0.25, 0.3) is 11.3 Å². The number of hydrogen-bond donors (Lipinski definition) is 2. The zero-order valence-corrected chi connectivity index (χ0v) is 9.30. The topological polar surface area (TPSA) is 93.9 Å². The van der Waals surface area contributed by atoms with Crippen LogP contribution in [0.5, 0.6) is 0 Å². The Morgan fingerprint density at radius 3 is 3.00 bits per heavy atom. The number of H-pyrrole nitrogens is 1. The molecule has 6 heteroatoms. The van der Waals surface area contributed by atoms with Crippen molar-refractivity contribution < 1.29 is 9.53 Å². The second kappa shape index (κ2) is 4.65. The lowest BCUT2D eigenvalue weighted by Crippen LogP contribution is -2.06. The smallest absolute Gasteiger partial charge is 0.361 e. The van der Waals surface area contributed by atoms with E-state index in [1.165, 1.54) is 0 Å². The van der Waals surface area contributed by atoms with Gasteiger partial charge in [0, 0.05) is 11.3 Å². The average molecular weight is 232 g/mol. The van der Waals surface area contributed by atoms with Gasteiger partial charge in [0.1, 0.15) is 5.69 Å². The third kappa shape index (κ3) is 2.25. The standard InChI is InChI=1S/C11H12N4O2/c1-2-17-11(16)10-9(13-15-14-10)7-4-3-5-8(12)6-7/h3-6H,2,12H2,1H3,(H,13,14,15). The van der Waals surface area contributed by atoms with Gasteiger partial charge in [0.05, 0.1) is 6.61 Å². The Balaban J connectivity index is 2.40. The number of carbonyl (C=O) groups is 1. The molecular weight excluding hydrogens is 220 g/mol. The minimum Gasteiger partial charge on any atom is -0.461 e. The van der Waals surface area contributed by atoms with Crippen LogP contribution in [0.1, 0.15) is 17.4 Å². The first-order valence-corrected chi connectivity index (χ1v) is 5.16. The molecule has 1 heterocycles. The Morgan fingerprint density at radius 1 is 1.47 bits per heavy atom. The maximum absolute atomic E-state index is 11.6. The summed E-state index contributed by atoms with van der Waals surface area (Å²) in [6.07, 6.45) is 0. The van der Waals surface area contributed by atoms with Gasteiger partial charge < -0.3 is 10.5 Å². The van der Waals surface area contributed by atoms with Crippen molar-refractivity contribution in [1.82, 2.24) is 15.4 Å². The number of nitrogens with two attached hydrogens (primary N) is 1. The molecule has 88 valence electrons. The highest BCUT2D eigenvalue weighted by atomic mass is 16.5. The lowest BCUT2D eigenvalue weighted by Gasteiger charge is -2.01. The van der Waals surface area contributed by atoms with Crippen molar-refractivity contribution in [2.75, 3.05) is 12.3 Å². The van der Waals surface area contributed by atoms with Gasteiger partial charge in [-0.1, -0.05) is 12.1 Å². The molecule has 0 spiro atoms. The predicted molar refractivity (Wildman–Crippen MR) is 62.2 cm³/mol. The number of esters is 1. The van der Waals surface area contributed by atoms with Gasteiger partial charge in [-0.25, -0.2) is 4.79 Å². The van der Waals surface area contributed by atoms with Gasteiger partial charge in [-0.2, -0.15) is 10.3 Å². The Hall–Kier alpha value is -2.37. The van der Waals surface area contributed by atoms with E-state index in [0.717, 1.165) is 5.56 Å². The van der Waals surface area contributed by atoms with Crippen LogP contribution in [0.3, 0.4) is 0 Å². The molecule has 0 bridgehead atoms. The number of ether oxygens (including phenoxy) is 1. The van der Waals surface area contributed by atoms with Gasteiger partial charge in [-0.05, 0) is 19.1 Å². The van der Waals surface area contributed by atoms with Gasteiger partial charge in [0.2, 0.25) is 0 Å². The fourth-order valence-corrected chi connectivity index (χ4v) is 1.46. The summed E-state index contributed by atoms with van der Waals surface area (Å²) in [4.78, 5) is 11.6. The fourth-order valence-electron chi connectivity index (χ4n) is 1.46. The molecule has 3 N–H and O–H groups in total. The number of aromatic amines is 1. The van der Waals surface area contributed by atoms with Crippen LogP contribution >= 0.6 is 0 Å². The molecule has 0 fully saturated rings. The van der Waals surface area contributed by atoms with Crippen molar-refractivity contribution in [3.8, 4) is 11.3 Å². The van der Waals surface area contributed by atoms with E-state index in [-0.39, 0.29) is 5.69 Å². The van der Waals surface area contributed by atoms with Crippen LogP contribution < -0.4 is 5.73 Å². The first-order valence-electron chi connectivity index (χ1n) is 5.16. The summed E-state index contributed by atoms with van der Waals surface area (Å²) in [7, 11) is 0. The molecule has 0 saturated carbocycles. The van der Waals surface area contributed by atoms with Crippen LogP contribution in [0.2, 0.25) is 0 Å². The first-order chi connectivity index (χ1) is 8.22. The van der Waals surface area contributed by atoms with Crippen molar-refractivity contribution in [1.29, 1.82) is 0 Å². The normalized spacial score (nSPS) is 10.2. The summed E-state index contributed by atoms with van der Waals surface area (Å²) in [5.41, 5.74) is 7.60. The number of nitrogen functional groups attached to an aromatic ring is 1. The Labute approximate surface area is 97.8 Å². The zero-order chi connectivity index (χ0) is 12.3. The molecular formula is C11H12N4O2. The molecule has 0 aliphatic carbocycles. The summed E-state index contributed by atoms with van der Waals surface area (Å²) in [6.45, 7) is 2.03. The van der Waals surface area contributed by atoms with Crippen molar-refractivity contribution >= 4 is 11.7 Å². The summed E-state index contributed by atoms with van der Waals surface area (Å²) < 4.78 is 4.89. The monoisotopic (exact) mass is 232 g/mol. The first kappa shape index (κ1) is 11.1. The molecule has 2 aromatic rings. The Bertz CT molecular complexity index is 536. The van der Waals surface area contributed by atoms with Crippen LogP contribution in [-0.4, -0.2) is 28.0 Å². The van der Waals surface area contributed by atoms with E-state index in [1.807, 2.05) is 0 Å². The van der Waals surface area contributed by atoms with Gasteiger partial charge in [0.25, 0.3) is 0 Å². The Kier molecular flexibility index (Phi) is 3.04. The van der Waals surface area contributed by atoms with Crippen molar-refractivity contribution in [2.24, 2.45) is 0 Å². The highest BCUT2D eigenvalue weighted by Gasteiger charge is 2.18. The van der Waals surface area contributed by atoms with Crippen molar-refractivity contribution in [2.45, 2.75) is 6.92 Å². The molecule has 1 aromatic carbocycles. The number of nitrogens with one attached hydrogen (secondary N) is 1. The summed E-state index contributed by atoms with van der Waals surface area (Å²) >= 11 is 0. The lowest BCUT2D eigenvalue weighted by atomic mass is 10.1. The maximum atomic E-state index is 11.6. The summed E-state index contributed by atoms with van der Waals surface area (Å²) in [5, 5.41) is 10.1. The second-order valence-corrected chi connectivity index (χ2v) is 3.37. The van der Waals surface area contributed by atoms with E-state index >= 15 is 0 Å². The Morgan fingerprint density at radius 2 is 2.29 bits per heavy atom. The number of rotatable bonds is 3. The molecule has 0 atom stereocenters. The van der Waals surface area contributed by atoms with Gasteiger partial charge >= 0.3 is 5.97 Å². The molecule has 0 aliphatic heterocycles. The van der Waals surface area contributed by atoms with Gasteiger partial charge in [-0.15, -0.1) is 5.10 Å². The SMILES string of the molecule is CCOC(=O)c1n[nH]nc1-c1cccc(N)c1.